The summed E-state index contributed by atoms with van der Waals surface area (Å²) in [6.07, 6.45) is 6.59. The Balaban J connectivity index is 2.41. The van der Waals surface area contributed by atoms with Crippen molar-refractivity contribution in [2.45, 2.75) is 58.4 Å². The van der Waals surface area contributed by atoms with Crippen LogP contribution in [0.5, 0.6) is 5.75 Å². The summed E-state index contributed by atoms with van der Waals surface area (Å²) in [6.45, 7) is 4.57. The van der Waals surface area contributed by atoms with Gasteiger partial charge in [-0.15, -0.1) is 0 Å². The average molecular weight is 320 g/mol. The van der Waals surface area contributed by atoms with E-state index in [1.807, 2.05) is 12.1 Å². The molecule has 1 aromatic rings. The van der Waals surface area contributed by atoms with Crippen LogP contribution in [0.25, 0.3) is 0 Å². The molecule has 1 amide bonds. The standard InChI is InChI=1S/C19H32N2O2/c1-5-7-17(14-15(2)21(3)4)9-6-8-16-10-12-18(13-11-16)23-19(20)22/h10-13,15,17H,5-9,14H2,1-4H3,(H2,20,22). The third kappa shape index (κ3) is 8.03. The van der Waals surface area contributed by atoms with Gasteiger partial charge in [0.25, 0.3) is 0 Å². The highest BCUT2D eigenvalue weighted by Crippen LogP contribution is 2.22. The lowest BCUT2D eigenvalue weighted by Crippen LogP contribution is -2.27. The number of ether oxygens (including phenoxy) is 1. The summed E-state index contributed by atoms with van der Waals surface area (Å²) in [5.74, 6) is 1.31. The van der Waals surface area contributed by atoms with Crippen LogP contribution in [0, 0.1) is 5.92 Å². The van der Waals surface area contributed by atoms with Crippen molar-refractivity contribution in [2.24, 2.45) is 11.7 Å². The number of aryl methyl sites for hydroxylation is 1. The second-order valence-corrected chi connectivity index (χ2v) is 6.66. The summed E-state index contributed by atoms with van der Waals surface area (Å²) in [7, 11) is 4.31. The summed E-state index contributed by atoms with van der Waals surface area (Å²) >= 11 is 0. The zero-order chi connectivity index (χ0) is 17.2. The van der Waals surface area contributed by atoms with Crippen LogP contribution in [-0.4, -0.2) is 31.1 Å². The van der Waals surface area contributed by atoms with Crippen molar-refractivity contribution >= 4 is 6.09 Å². The molecule has 1 aromatic carbocycles. The van der Waals surface area contributed by atoms with E-state index in [0.29, 0.717) is 11.8 Å². The molecule has 0 spiro atoms. The molecule has 0 saturated heterocycles. The molecule has 0 fully saturated rings. The van der Waals surface area contributed by atoms with Crippen LogP contribution < -0.4 is 10.5 Å². The van der Waals surface area contributed by atoms with Crippen molar-refractivity contribution < 1.29 is 9.53 Å². The van der Waals surface area contributed by atoms with Crippen LogP contribution in [0.1, 0.15) is 51.5 Å². The van der Waals surface area contributed by atoms with Crippen molar-refractivity contribution in [3.63, 3.8) is 0 Å². The first-order chi connectivity index (χ1) is 10.9. The van der Waals surface area contributed by atoms with Crippen molar-refractivity contribution in [3.8, 4) is 5.75 Å². The van der Waals surface area contributed by atoms with Gasteiger partial charge in [-0.1, -0.05) is 38.3 Å². The van der Waals surface area contributed by atoms with E-state index in [1.54, 1.807) is 12.1 Å². The highest BCUT2D eigenvalue weighted by Gasteiger charge is 2.14. The highest BCUT2D eigenvalue weighted by molar-refractivity contribution is 5.67. The maximum absolute atomic E-state index is 10.7. The van der Waals surface area contributed by atoms with Gasteiger partial charge < -0.3 is 15.4 Å². The van der Waals surface area contributed by atoms with Gasteiger partial charge in [0.05, 0.1) is 0 Å². The molecule has 2 atom stereocenters. The predicted octanol–water partition coefficient (Wildman–Crippen LogP) is 4.22. The lowest BCUT2D eigenvalue weighted by atomic mass is 9.90. The normalized spacial score (nSPS) is 13.8. The number of carbonyl (C=O) groups is 1. The number of carbonyl (C=O) groups excluding carboxylic acids is 1. The molecule has 0 heterocycles. The Hall–Kier alpha value is -1.55. The minimum atomic E-state index is -0.768. The Morgan fingerprint density at radius 3 is 2.39 bits per heavy atom. The van der Waals surface area contributed by atoms with E-state index >= 15 is 0 Å². The topological polar surface area (TPSA) is 55.6 Å². The molecule has 4 heteroatoms. The first-order valence-electron chi connectivity index (χ1n) is 8.65. The summed E-state index contributed by atoms with van der Waals surface area (Å²) in [5.41, 5.74) is 6.28. The van der Waals surface area contributed by atoms with Gasteiger partial charge in [0.15, 0.2) is 0 Å². The van der Waals surface area contributed by atoms with Crippen molar-refractivity contribution in [1.82, 2.24) is 4.90 Å². The van der Waals surface area contributed by atoms with Gasteiger partial charge in [-0.25, -0.2) is 4.79 Å². The Labute approximate surface area is 141 Å². The number of hydrogen-bond donors (Lipinski definition) is 1. The molecule has 0 radical (unpaired) electrons. The number of amides is 1. The third-order valence-electron chi connectivity index (χ3n) is 4.47. The molecule has 23 heavy (non-hydrogen) atoms. The molecular formula is C19H32N2O2. The Morgan fingerprint density at radius 2 is 1.87 bits per heavy atom. The van der Waals surface area contributed by atoms with Gasteiger partial charge in [0.2, 0.25) is 0 Å². The first-order valence-corrected chi connectivity index (χ1v) is 8.65. The van der Waals surface area contributed by atoms with Crippen LogP contribution in [-0.2, 0) is 6.42 Å². The van der Waals surface area contributed by atoms with Crippen molar-refractivity contribution in [2.75, 3.05) is 14.1 Å². The van der Waals surface area contributed by atoms with Crippen LogP contribution in [0.2, 0.25) is 0 Å². The second kappa shape index (κ2) is 10.3. The molecule has 2 N–H and O–H groups in total. The quantitative estimate of drug-likeness (QED) is 0.702. The number of nitrogens with two attached hydrogens (primary N) is 1. The van der Waals surface area contributed by atoms with E-state index in [4.69, 9.17) is 10.5 Å². The molecule has 130 valence electrons. The van der Waals surface area contributed by atoms with Gasteiger partial charge >= 0.3 is 6.09 Å². The molecular weight excluding hydrogens is 288 g/mol. The largest absolute Gasteiger partial charge is 0.411 e. The molecule has 4 nitrogen and oxygen atoms in total. The van der Waals surface area contributed by atoms with E-state index in [2.05, 4.69) is 32.8 Å². The lowest BCUT2D eigenvalue weighted by molar-refractivity contribution is 0.211. The summed E-state index contributed by atoms with van der Waals surface area (Å²) in [4.78, 5) is 13.0. The van der Waals surface area contributed by atoms with Crippen LogP contribution >= 0.6 is 0 Å². The fourth-order valence-electron chi connectivity index (χ4n) is 2.92. The first kappa shape index (κ1) is 19.5. The van der Waals surface area contributed by atoms with E-state index in [9.17, 15) is 4.79 Å². The fraction of sp³-hybridized carbons (Fsp3) is 0.632. The van der Waals surface area contributed by atoms with E-state index in [0.717, 1.165) is 12.3 Å². The predicted molar refractivity (Wildman–Crippen MR) is 95.8 cm³/mol. The third-order valence-corrected chi connectivity index (χ3v) is 4.47. The van der Waals surface area contributed by atoms with Gasteiger partial charge in [-0.05, 0) is 63.9 Å². The second-order valence-electron chi connectivity index (χ2n) is 6.66. The zero-order valence-electron chi connectivity index (χ0n) is 15.0. The minimum Gasteiger partial charge on any atom is -0.411 e. The van der Waals surface area contributed by atoms with Gasteiger partial charge in [0, 0.05) is 6.04 Å². The average Bonchev–Trinajstić information content (AvgIpc) is 2.48. The van der Waals surface area contributed by atoms with Gasteiger partial charge in [-0.2, -0.15) is 0 Å². The molecule has 0 aliphatic heterocycles. The maximum Gasteiger partial charge on any atom is 0.409 e. The highest BCUT2D eigenvalue weighted by atomic mass is 16.5. The van der Waals surface area contributed by atoms with Crippen LogP contribution in [0.4, 0.5) is 4.79 Å². The Kier molecular flexibility index (Phi) is 8.70. The molecule has 0 bridgehead atoms. The van der Waals surface area contributed by atoms with E-state index in [-0.39, 0.29) is 0 Å². The number of benzene rings is 1. The minimum absolute atomic E-state index is 0.505. The Morgan fingerprint density at radius 1 is 1.22 bits per heavy atom. The lowest BCUT2D eigenvalue weighted by Gasteiger charge is -2.25. The van der Waals surface area contributed by atoms with E-state index in [1.165, 1.54) is 37.7 Å². The van der Waals surface area contributed by atoms with Crippen LogP contribution in [0.15, 0.2) is 24.3 Å². The zero-order valence-corrected chi connectivity index (χ0v) is 15.0. The van der Waals surface area contributed by atoms with E-state index < -0.39 is 6.09 Å². The molecule has 0 saturated carbocycles. The van der Waals surface area contributed by atoms with Crippen molar-refractivity contribution in [3.05, 3.63) is 29.8 Å². The molecule has 2 unspecified atom stereocenters. The molecule has 0 aliphatic rings. The summed E-state index contributed by atoms with van der Waals surface area (Å²) in [5, 5.41) is 0. The molecule has 1 rings (SSSR count). The molecule has 0 aliphatic carbocycles. The summed E-state index contributed by atoms with van der Waals surface area (Å²) in [6, 6.07) is 8.26. The smallest absolute Gasteiger partial charge is 0.409 e. The number of primary amides is 1. The number of hydrogen-bond acceptors (Lipinski definition) is 3. The van der Waals surface area contributed by atoms with Crippen LogP contribution in [0.3, 0.4) is 0 Å². The van der Waals surface area contributed by atoms with Crippen molar-refractivity contribution in [1.29, 1.82) is 0 Å². The van der Waals surface area contributed by atoms with Gasteiger partial charge in [0.1, 0.15) is 5.75 Å². The maximum atomic E-state index is 10.7. The fourth-order valence-corrected chi connectivity index (χ4v) is 2.92. The molecule has 0 aromatic heterocycles. The Bertz CT molecular complexity index is 457. The number of nitrogens with zero attached hydrogens (tertiary/aromatic N) is 1. The number of rotatable bonds is 10. The SMILES string of the molecule is CCCC(CCCc1ccc(OC(N)=O)cc1)CC(C)N(C)C. The monoisotopic (exact) mass is 320 g/mol. The summed E-state index contributed by atoms with van der Waals surface area (Å²) < 4.78 is 4.84. The van der Waals surface area contributed by atoms with Gasteiger partial charge in [-0.3, -0.25) is 0 Å².